The van der Waals surface area contributed by atoms with E-state index in [9.17, 15) is 4.79 Å². The SMILES string of the molecule is Cc1cc(C)n(-c2ncc(NC(=O)CCc3ccccc3)cn2)n1. The molecule has 0 atom stereocenters. The molecule has 0 saturated heterocycles. The lowest BCUT2D eigenvalue weighted by molar-refractivity contribution is -0.116. The van der Waals surface area contributed by atoms with Gasteiger partial charge >= 0.3 is 0 Å². The van der Waals surface area contributed by atoms with E-state index in [2.05, 4.69) is 20.4 Å². The van der Waals surface area contributed by atoms with Gasteiger partial charge in [-0.05, 0) is 31.9 Å². The zero-order chi connectivity index (χ0) is 16.9. The van der Waals surface area contributed by atoms with Crippen LogP contribution in [-0.2, 0) is 11.2 Å². The third-order valence-electron chi connectivity index (χ3n) is 3.60. The van der Waals surface area contributed by atoms with Crippen molar-refractivity contribution >= 4 is 11.6 Å². The van der Waals surface area contributed by atoms with E-state index in [-0.39, 0.29) is 5.91 Å². The summed E-state index contributed by atoms with van der Waals surface area (Å²) in [5.41, 5.74) is 3.60. The molecule has 3 aromatic rings. The van der Waals surface area contributed by atoms with E-state index in [1.165, 1.54) is 0 Å². The van der Waals surface area contributed by atoms with Gasteiger partial charge in [-0.3, -0.25) is 4.79 Å². The van der Waals surface area contributed by atoms with Crippen molar-refractivity contribution in [1.29, 1.82) is 0 Å². The Bertz CT molecular complexity index is 824. The molecule has 6 heteroatoms. The van der Waals surface area contributed by atoms with E-state index in [1.54, 1.807) is 17.1 Å². The molecule has 0 aliphatic carbocycles. The van der Waals surface area contributed by atoms with Gasteiger partial charge in [-0.25, -0.2) is 14.6 Å². The van der Waals surface area contributed by atoms with Crippen LogP contribution in [0, 0.1) is 13.8 Å². The number of aromatic nitrogens is 4. The quantitative estimate of drug-likeness (QED) is 0.784. The molecule has 2 aromatic heterocycles. The topological polar surface area (TPSA) is 72.7 Å². The number of benzene rings is 1. The second kappa shape index (κ2) is 7.04. The fourth-order valence-corrected chi connectivity index (χ4v) is 2.45. The first kappa shape index (κ1) is 15.9. The van der Waals surface area contributed by atoms with Gasteiger partial charge in [0.1, 0.15) is 0 Å². The van der Waals surface area contributed by atoms with Gasteiger partial charge < -0.3 is 5.32 Å². The standard InChI is InChI=1S/C18H19N5O/c1-13-10-14(2)23(22-13)18-19-11-16(12-20-18)21-17(24)9-8-15-6-4-3-5-7-15/h3-7,10-12H,8-9H2,1-2H3,(H,21,24). The highest BCUT2D eigenvalue weighted by Gasteiger charge is 2.08. The third kappa shape index (κ3) is 3.84. The Kier molecular flexibility index (Phi) is 4.65. The molecular weight excluding hydrogens is 302 g/mol. The number of nitrogens with zero attached hydrogens (tertiary/aromatic N) is 4. The number of aryl methyl sites for hydroxylation is 3. The van der Waals surface area contributed by atoms with Crippen LogP contribution in [0.25, 0.3) is 5.95 Å². The van der Waals surface area contributed by atoms with Crippen LogP contribution in [0.2, 0.25) is 0 Å². The number of hydrogen-bond acceptors (Lipinski definition) is 4. The zero-order valence-electron chi connectivity index (χ0n) is 13.7. The fraction of sp³-hybridized carbons (Fsp3) is 0.222. The number of nitrogens with one attached hydrogen (secondary N) is 1. The Morgan fingerprint density at radius 1 is 1.12 bits per heavy atom. The molecule has 0 fully saturated rings. The summed E-state index contributed by atoms with van der Waals surface area (Å²) >= 11 is 0. The maximum Gasteiger partial charge on any atom is 0.250 e. The van der Waals surface area contributed by atoms with Gasteiger partial charge in [0.25, 0.3) is 5.95 Å². The summed E-state index contributed by atoms with van der Waals surface area (Å²) in [4.78, 5) is 20.6. The van der Waals surface area contributed by atoms with Crippen LogP contribution in [-0.4, -0.2) is 25.7 Å². The lowest BCUT2D eigenvalue weighted by Crippen LogP contribution is -2.13. The van der Waals surface area contributed by atoms with Crippen molar-refractivity contribution < 1.29 is 4.79 Å². The van der Waals surface area contributed by atoms with Gasteiger partial charge in [-0.2, -0.15) is 5.10 Å². The van der Waals surface area contributed by atoms with Crippen molar-refractivity contribution in [2.75, 3.05) is 5.32 Å². The highest BCUT2D eigenvalue weighted by molar-refractivity contribution is 5.90. The van der Waals surface area contributed by atoms with E-state index >= 15 is 0 Å². The first-order valence-corrected chi connectivity index (χ1v) is 7.81. The largest absolute Gasteiger partial charge is 0.323 e. The summed E-state index contributed by atoms with van der Waals surface area (Å²) in [6.45, 7) is 3.87. The van der Waals surface area contributed by atoms with Gasteiger partial charge in [0.15, 0.2) is 0 Å². The van der Waals surface area contributed by atoms with Crippen molar-refractivity contribution in [3.8, 4) is 5.95 Å². The average Bonchev–Trinajstić information content (AvgIpc) is 2.93. The van der Waals surface area contributed by atoms with Crippen LogP contribution < -0.4 is 5.32 Å². The van der Waals surface area contributed by atoms with E-state index < -0.39 is 0 Å². The van der Waals surface area contributed by atoms with Gasteiger partial charge in [0.2, 0.25) is 5.91 Å². The molecule has 0 bridgehead atoms. The fourth-order valence-electron chi connectivity index (χ4n) is 2.45. The molecule has 2 heterocycles. The van der Waals surface area contributed by atoms with Crippen LogP contribution in [0.4, 0.5) is 5.69 Å². The Labute approximate surface area is 140 Å². The Morgan fingerprint density at radius 3 is 2.46 bits per heavy atom. The molecule has 0 unspecified atom stereocenters. The summed E-state index contributed by atoms with van der Waals surface area (Å²) < 4.78 is 1.68. The Hall–Kier alpha value is -3.02. The minimum Gasteiger partial charge on any atom is -0.323 e. The van der Waals surface area contributed by atoms with Crippen LogP contribution in [0.15, 0.2) is 48.8 Å². The van der Waals surface area contributed by atoms with Crippen molar-refractivity contribution in [2.24, 2.45) is 0 Å². The predicted octanol–water partition coefficient (Wildman–Crippen LogP) is 2.85. The Morgan fingerprint density at radius 2 is 1.83 bits per heavy atom. The van der Waals surface area contributed by atoms with Gasteiger partial charge in [0, 0.05) is 12.1 Å². The number of rotatable bonds is 5. The summed E-state index contributed by atoms with van der Waals surface area (Å²) in [6.07, 6.45) is 4.32. The van der Waals surface area contributed by atoms with E-state index in [1.807, 2.05) is 50.2 Å². The average molecular weight is 321 g/mol. The normalized spacial score (nSPS) is 10.6. The molecular formula is C18H19N5O. The lowest BCUT2D eigenvalue weighted by Gasteiger charge is -2.06. The monoisotopic (exact) mass is 321 g/mol. The summed E-state index contributed by atoms with van der Waals surface area (Å²) in [7, 11) is 0. The van der Waals surface area contributed by atoms with Crippen LogP contribution in [0.5, 0.6) is 0 Å². The highest BCUT2D eigenvalue weighted by Crippen LogP contribution is 2.10. The van der Waals surface area contributed by atoms with Crippen LogP contribution in [0.3, 0.4) is 0 Å². The predicted molar refractivity (Wildman–Crippen MR) is 92.0 cm³/mol. The maximum atomic E-state index is 12.0. The Balaban J connectivity index is 1.60. The molecule has 0 radical (unpaired) electrons. The number of hydrogen-bond donors (Lipinski definition) is 1. The second-order valence-electron chi connectivity index (χ2n) is 5.64. The first-order chi connectivity index (χ1) is 11.6. The summed E-state index contributed by atoms with van der Waals surface area (Å²) in [5.74, 6) is 0.434. The molecule has 3 rings (SSSR count). The third-order valence-corrected chi connectivity index (χ3v) is 3.60. The molecule has 1 amide bonds. The van der Waals surface area contributed by atoms with Gasteiger partial charge in [-0.15, -0.1) is 0 Å². The number of carbonyl (C=O) groups is 1. The number of amides is 1. The van der Waals surface area contributed by atoms with Crippen molar-refractivity contribution in [1.82, 2.24) is 19.7 Å². The number of carbonyl (C=O) groups excluding carboxylic acids is 1. The van der Waals surface area contributed by atoms with E-state index in [0.29, 0.717) is 24.5 Å². The molecule has 0 aliphatic rings. The second-order valence-corrected chi connectivity index (χ2v) is 5.64. The van der Waals surface area contributed by atoms with Crippen LogP contribution in [0.1, 0.15) is 23.4 Å². The molecule has 0 saturated carbocycles. The molecule has 6 nitrogen and oxygen atoms in total. The van der Waals surface area contributed by atoms with Gasteiger partial charge in [0.05, 0.1) is 23.8 Å². The van der Waals surface area contributed by atoms with E-state index in [4.69, 9.17) is 0 Å². The molecule has 0 aliphatic heterocycles. The minimum absolute atomic E-state index is 0.0543. The minimum atomic E-state index is -0.0543. The molecule has 122 valence electrons. The zero-order valence-corrected chi connectivity index (χ0v) is 13.7. The molecule has 0 spiro atoms. The van der Waals surface area contributed by atoms with Crippen molar-refractivity contribution in [3.05, 3.63) is 65.7 Å². The van der Waals surface area contributed by atoms with Gasteiger partial charge in [-0.1, -0.05) is 30.3 Å². The van der Waals surface area contributed by atoms with Crippen LogP contribution >= 0.6 is 0 Å². The highest BCUT2D eigenvalue weighted by atomic mass is 16.1. The lowest BCUT2D eigenvalue weighted by atomic mass is 10.1. The first-order valence-electron chi connectivity index (χ1n) is 7.81. The van der Waals surface area contributed by atoms with Crippen molar-refractivity contribution in [2.45, 2.75) is 26.7 Å². The molecule has 24 heavy (non-hydrogen) atoms. The smallest absolute Gasteiger partial charge is 0.250 e. The summed E-state index contributed by atoms with van der Waals surface area (Å²) in [5, 5.41) is 7.16. The molecule has 1 N–H and O–H groups in total. The maximum absolute atomic E-state index is 12.0. The van der Waals surface area contributed by atoms with E-state index in [0.717, 1.165) is 17.0 Å². The summed E-state index contributed by atoms with van der Waals surface area (Å²) in [6, 6.07) is 11.9. The molecule has 1 aromatic carbocycles. The number of anilines is 1. The van der Waals surface area contributed by atoms with Crippen molar-refractivity contribution in [3.63, 3.8) is 0 Å².